The molecule has 1 N–H and O–H groups in total. The molecule has 0 atom stereocenters. The van der Waals surface area contributed by atoms with Gasteiger partial charge in [0.2, 0.25) is 0 Å². The molecule has 0 unspecified atom stereocenters. The second-order valence-electron chi connectivity index (χ2n) is 5.15. The molecule has 0 aliphatic heterocycles. The molecule has 102 valence electrons. The summed E-state index contributed by atoms with van der Waals surface area (Å²) in [4.78, 5) is 0. The van der Waals surface area contributed by atoms with Crippen LogP contribution in [0.4, 0.5) is 4.39 Å². The summed E-state index contributed by atoms with van der Waals surface area (Å²) in [5.41, 5.74) is 0.856. The lowest BCUT2D eigenvalue weighted by molar-refractivity contribution is 0.0222. The highest BCUT2D eigenvalue weighted by molar-refractivity contribution is 5.29. The highest BCUT2D eigenvalue weighted by Crippen LogP contribution is 2.17. The van der Waals surface area contributed by atoms with Crippen LogP contribution < -0.4 is 10.1 Å². The van der Waals surface area contributed by atoms with Crippen molar-refractivity contribution in [2.75, 3.05) is 13.4 Å². The number of ether oxygens (including phenoxy) is 2. The highest BCUT2D eigenvalue weighted by atomic mass is 19.1. The minimum absolute atomic E-state index is 0.00133. The maximum absolute atomic E-state index is 13.4. The Hall–Kier alpha value is -1.13. The Bertz CT molecular complexity index is 375. The summed E-state index contributed by atoms with van der Waals surface area (Å²) in [7, 11) is 0. The smallest absolute Gasteiger partial charge is 0.189 e. The zero-order chi connectivity index (χ0) is 13.6. The third kappa shape index (κ3) is 5.98. The lowest BCUT2D eigenvalue weighted by atomic mass is 10.1. The van der Waals surface area contributed by atoms with Crippen molar-refractivity contribution in [1.29, 1.82) is 0 Å². The monoisotopic (exact) mass is 255 g/mol. The van der Waals surface area contributed by atoms with Gasteiger partial charge in [-0.15, -0.1) is 0 Å². The Balaban J connectivity index is 2.62. The van der Waals surface area contributed by atoms with Gasteiger partial charge in [-0.25, -0.2) is 4.39 Å². The fourth-order valence-electron chi connectivity index (χ4n) is 1.37. The second kappa shape index (κ2) is 6.71. The van der Waals surface area contributed by atoms with E-state index in [-0.39, 0.29) is 18.1 Å². The van der Waals surface area contributed by atoms with Crippen molar-refractivity contribution >= 4 is 0 Å². The first-order valence-corrected chi connectivity index (χ1v) is 6.16. The van der Waals surface area contributed by atoms with Gasteiger partial charge in [0.05, 0.1) is 0 Å². The highest BCUT2D eigenvalue weighted by Gasteiger charge is 2.09. The molecule has 0 aliphatic carbocycles. The van der Waals surface area contributed by atoms with Crippen LogP contribution in [0.2, 0.25) is 0 Å². The van der Waals surface area contributed by atoms with E-state index in [1.165, 1.54) is 12.1 Å². The Morgan fingerprint density at radius 1 is 1.22 bits per heavy atom. The van der Waals surface area contributed by atoms with Gasteiger partial charge >= 0.3 is 0 Å². The van der Waals surface area contributed by atoms with Crippen LogP contribution in [0.5, 0.6) is 5.75 Å². The number of hydrogen-bond acceptors (Lipinski definition) is 3. The molecule has 0 heterocycles. The van der Waals surface area contributed by atoms with Crippen molar-refractivity contribution in [3.05, 3.63) is 29.6 Å². The van der Waals surface area contributed by atoms with Crippen LogP contribution in [-0.2, 0) is 11.3 Å². The standard InChI is InChI=1S/C14H22FNO2/c1-5-17-10-18-13-7-11(6-12(15)8-13)9-16-14(2,3)4/h6-8,16H,5,9-10H2,1-4H3. The van der Waals surface area contributed by atoms with Gasteiger partial charge in [0.15, 0.2) is 6.79 Å². The van der Waals surface area contributed by atoms with Crippen LogP contribution in [0.1, 0.15) is 33.3 Å². The van der Waals surface area contributed by atoms with Crippen molar-refractivity contribution in [2.24, 2.45) is 0 Å². The zero-order valence-corrected chi connectivity index (χ0v) is 11.5. The molecule has 0 spiro atoms. The van der Waals surface area contributed by atoms with E-state index in [1.54, 1.807) is 0 Å². The molecule has 0 saturated carbocycles. The van der Waals surface area contributed by atoms with Crippen LogP contribution in [0.3, 0.4) is 0 Å². The van der Waals surface area contributed by atoms with Crippen LogP contribution in [0, 0.1) is 5.82 Å². The first-order valence-electron chi connectivity index (χ1n) is 6.16. The average Bonchev–Trinajstić information content (AvgIpc) is 2.25. The molecule has 0 saturated heterocycles. The molecule has 0 aliphatic rings. The third-order valence-corrected chi connectivity index (χ3v) is 2.27. The first kappa shape index (κ1) is 14.9. The molecule has 18 heavy (non-hydrogen) atoms. The lowest BCUT2D eigenvalue weighted by Gasteiger charge is -2.20. The maximum Gasteiger partial charge on any atom is 0.189 e. The number of nitrogens with one attached hydrogen (secondary N) is 1. The summed E-state index contributed by atoms with van der Waals surface area (Å²) < 4.78 is 23.8. The van der Waals surface area contributed by atoms with Crippen molar-refractivity contribution in [3.63, 3.8) is 0 Å². The van der Waals surface area contributed by atoms with E-state index in [1.807, 2.05) is 13.0 Å². The lowest BCUT2D eigenvalue weighted by Crippen LogP contribution is -2.35. The second-order valence-corrected chi connectivity index (χ2v) is 5.15. The molecule has 0 amide bonds. The Kier molecular flexibility index (Phi) is 5.56. The minimum atomic E-state index is -0.297. The fraction of sp³-hybridized carbons (Fsp3) is 0.571. The molecule has 1 aromatic carbocycles. The molecule has 3 nitrogen and oxygen atoms in total. The van der Waals surface area contributed by atoms with Gasteiger partial charge < -0.3 is 14.8 Å². The predicted molar refractivity (Wildman–Crippen MR) is 70.1 cm³/mol. The molecular weight excluding hydrogens is 233 g/mol. The van der Waals surface area contributed by atoms with Crippen molar-refractivity contribution in [1.82, 2.24) is 5.32 Å². The largest absolute Gasteiger partial charge is 0.467 e. The zero-order valence-electron chi connectivity index (χ0n) is 11.5. The molecule has 1 rings (SSSR count). The van der Waals surface area contributed by atoms with Crippen LogP contribution in [0.15, 0.2) is 18.2 Å². The summed E-state index contributed by atoms with van der Waals surface area (Å²) in [6, 6.07) is 4.69. The first-order chi connectivity index (χ1) is 8.40. The van der Waals surface area contributed by atoms with Gasteiger partial charge in [-0.2, -0.15) is 0 Å². The third-order valence-electron chi connectivity index (χ3n) is 2.27. The molecule has 0 bridgehead atoms. The summed E-state index contributed by atoms with van der Waals surface area (Å²) in [5, 5.41) is 3.31. The van der Waals surface area contributed by atoms with Gasteiger partial charge in [0.1, 0.15) is 11.6 Å². The molecule has 0 aromatic heterocycles. The topological polar surface area (TPSA) is 30.5 Å². The van der Waals surface area contributed by atoms with E-state index in [2.05, 4.69) is 26.1 Å². The van der Waals surface area contributed by atoms with E-state index in [0.717, 1.165) is 5.56 Å². The van der Waals surface area contributed by atoms with Crippen molar-refractivity contribution in [2.45, 2.75) is 39.8 Å². The molecule has 1 aromatic rings. The van der Waals surface area contributed by atoms with Crippen LogP contribution in [0.25, 0.3) is 0 Å². The van der Waals surface area contributed by atoms with Crippen LogP contribution in [-0.4, -0.2) is 18.9 Å². The number of hydrogen-bond donors (Lipinski definition) is 1. The number of halogens is 1. The average molecular weight is 255 g/mol. The van der Waals surface area contributed by atoms with E-state index >= 15 is 0 Å². The number of rotatable bonds is 6. The van der Waals surface area contributed by atoms with Gasteiger partial charge in [-0.1, -0.05) is 0 Å². The fourth-order valence-corrected chi connectivity index (χ4v) is 1.37. The van der Waals surface area contributed by atoms with E-state index < -0.39 is 0 Å². The molecule has 0 radical (unpaired) electrons. The van der Waals surface area contributed by atoms with E-state index in [0.29, 0.717) is 18.9 Å². The SMILES string of the molecule is CCOCOc1cc(F)cc(CNC(C)(C)C)c1. The minimum Gasteiger partial charge on any atom is -0.467 e. The number of benzene rings is 1. The quantitative estimate of drug-likeness (QED) is 0.626. The van der Waals surface area contributed by atoms with Gasteiger partial charge in [-0.3, -0.25) is 0 Å². The predicted octanol–water partition coefficient (Wildman–Crippen LogP) is 3.09. The Labute approximate surface area is 108 Å². The van der Waals surface area contributed by atoms with Gasteiger partial charge in [0, 0.05) is 24.8 Å². The molecular formula is C14H22FNO2. The molecule has 4 heteroatoms. The maximum atomic E-state index is 13.4. The Morgan fingerprint density at radius 3 is 2.56 bits per heavy atom. The van der Waals surface area contributed by atoms with Gasteiger partial charge in [0.25, 0.3) is 0 Å². The Morgan fingerprint density at radius 2 is 1.94 bits per heavy atom. The molecule has 0 fully saturated rings. The van der Waals surface area contributed by atoms with Crippen molar-refractivity contribution in [3.8, 4) is 5.75 Å². The summed E-state index contributed by atoms with van der Waals surface area (Å²) in [6.07, 6.45) is 0. The van der Waals surface area contributed by atoms with Crippen LogP contribution >= 0.6 is 0 Å². The van der Waals surface area contributed by atoms with Gasteiger partial charge in [-0.05, 0) is 45.4 Å². The van der Waals surface area contributed by atoms with E-state index in [9.17, 15) is 4.39 Å². The summed E-state index contributed by atoms with van der Waals surface area (Å²) in [6.45, 7) is 9.41. The summed E-state index contributed by atoms with van der Waals surface area (Å²) >= 11 is 0. The summed E-state index contributed by atoms with van der Waals surface area (Å²) in [5.74, 6) is 0.198. The normalized spacial score (nSPS) is 11.6. The van der Waals surface area contributed by atoms with E-state index in [4.69, 9.17) is 9.47 Å². The van der Waals surface area contributed by atoms with Crippen molar-refractivity contribution < 1.29 is 13.9 Å².